The van der Waals surface area contributed by atoms with Crippen LogP contribution < -0.4 is 21.3 Å². The molecule has 3 aromatic rings. The summed E-state index contributed by atoms with van der Waals surface area (Å²) in [6, 6.07) is 5.55. The van der Waals surface area contributed by atoms with Crippen LogP contribution in [0, 0.1) is 6.92 Å². The van der Waals surface area contributed by atoms with Gasteiger partial charge in [-0.05, 0) is 31.0 Å². The van der Waals surface area contributed by atoms with Crippen LogP contribution in [-0.2, 0) is 25.4 Å². The van der Waals surface area contributed by atoms with Gasteiger partial charge in [0.25, 0.3) is 5.56 Å². The SMILES string of the molecule is CCCn1c(SCC(=O)Nc2cc(C)ccc2OC)nc2c1c(=O)n(C)c(=O)n2C. The molecule has 1 N–H and O–H groups in total. The summed E-state index contributed by atoms with van der Waals surface area (Å²) >= 11 is 1.22. The van der Waals surface area contributed by atoms with E-state index in [-0.39, 0.29) is 11.7 Å². The number of hydrogen-bond donors (Lipinski definition) is 1. The summed E-state index contributed by atoms with van der Waals surface area (Å²) < 4.78 is 9.50. The van der Waals surface area contributed by atoms with Crippen molar-refractivity contribution in [2.24, 2.45) is 14.1 Å². The Labute approximate surface area is 177 Å². The van der Waals surface area contributed by atoms with Crippen LogP contribution in [0.15, 0.2) is 32.9 Å². The van der Waals surface area contributed by atoms with Crippen LogP contribution in [0.3, 0.4) is 0 Å². The van der Waals surface area contributed by atoms with Gasteiger partial charge in [-0.15, -0.1) is 0 Å². The van der Waals surface area contributed by atoms with Crippen molar-refractivity contribution >= 4 is 34.5 Å². The maximum atomic E-state index is 12.7. The Bertz CT molecular complexity index is 1220. The average Bonchev–Trinajstić information content (AvgIpc) is 3.08. The molecule has 2 aromatic heterocycles. The first-order valence-corrected chi connectivity index (χ1v) is 10.5. The smallest absolute Gasteiger partial charge is 0.332 e. The molecule has 30 heavy (non-hydrogen) atoms. The predicted molar refractivity (Wildman–Crippen MR) is 118 cm³/mol. The minimum atomic E-state index is -0.436. The topological polar surface area (TPSA) is 100 Å². The molecule has 0 fully saturated rings. The molecule has 3 rings (SSSR count). The third kappa shape index (κ3) is 4.00. The second-order valence-corrected chi connectivity index (χ2v) is 7.91. The number of thioether (sulfide) groups is 1. The first kappa shape index (κ1) is 21.7. The van der Waals surface area contributed by atoms with Crippen molar-refractivity contribution in [2.75, 3.05) is 18.2 Å². The fraction of sp³-hybridized carbons (Fsp3) is 0.400. The summed E-state index contributed by atoms with van der Waals surface area (Å²) in [5.74, 6) is 0.453. The van der Waals surface area contributed by atoms with Crippen molar-refractivity contribution in [1.82, 2.24) is 18.7 Å². The van der Waals surface area contributed by atoms with Crippen molar-refractivity contribution in [2.45, 2.75) is 32.0 Å². The maximum Gasteiger partial charge on any atom is 0.332 e. The largest absolute Gasteiger partial charge is 0.495 e. The molecule has 0 saturated carbocycles. The van der Waals surface area contributed by atoms with Crippen molar-refractivity contribution in [1.29, 1.82) is 0 Å². The first-order chi connectivity index (χ1) is 14.3. The highest BCUT2D eigenvalue weighted by atomic mass is 32.2. The molecule has 0 aliphatic carbocycles. The van der Waals surface area contributed by atoms with Gasteiger partial charge in [-0.3, -0.25) is 18.7 Å². The molecule has 9 nitrogen and oxygen atoms in total. The van der Waals surface area contributed by atoms with Gasteiger partial charge < -0.3 is 14.6 Å². The van der Waals surface area contributed by atoms with Gasteiger partial charge in [0.15, 0.2) is 16.3 Å². The number of methoxy groups -OCH3 is 1. The quantitative estimate of drug-likeness (QED) is 0.574. The molecule has 0 bridgehead atoms. The van der Waals surface area contributed by atoms with Crippen LogP contribution in [0.1, 0.15) is 18.9 Å². The molecule has 2 heterocycles. The van der Waals surface area contributed by atoms with E-state index in [2.05, 4.69) is 10.3 Å². The molecular weight excluding hydrogens is 406 g/mol. The molecule has 0 atom stereocenters. The van der Waals surface area contributed by atoms with E-state index in [1.54, 1.807) is 24.8 Å². The van der Waals surface area contributed by atoms with E-state index in [0.29, 0.717) is 34.3 Å². The molecular formula is C20H25N5O4S. The highest BCUT2D eigenvalue weighted by Gasteiger charge is 2.20. The number of nitrogens with zero attached hydrogens (tertiary/aromatic N) is 4. The molecule has 0 aliphatic rings. The predicted octanol–water partition coefficient (Wildman–Crippen LogP) is 1.89. The lowest BCUT2D eigenvalue weighted by Crippen LogP contribution is -2.37. The second kappa shape index (κ2) is 8.78. The summed E-state index contributed by atoms with van der Waals surface area (Å²) in [5, 5.41) is 3.38. The van der Waals surface area contributed by atoms with Gasteiger partial charge in [-0.1, -0.05) is 24.8 Å². The number of fused-ring (bicyclic) bond motifs is 1. The van der Waals surface area contributed by atoms with Gasteiger partial charge in [0, 0.05) is 20.6 Å². The summed E-state index contributed by atoms with van der Waals surface area (Å²) in [6.45, 7) is 4.48. The van der Waals surface area contributed by atoms with E-state index >= 15 is 0 Å². The zero-order valence-corrected chi connectivity index (χ0v) is 18.5. The molecule has 0 radical (unpaired) electrons. The van der Waals surface area contributed by atoms with Crippen molar-refractivity contribution in [3.63, 3.8) is 0 Å². The van der Waals surface area contributed by atoms with Crippen LogP contribution in [0.2, 0.25) is 0 Å². The number of hydrogen-bond acceptors (Lipinski definition) is 6. The van der Waals surface area contributed by atoms with E-state index in [9.17, 15) is 14.4 Å². The van der Waals surface area contributed by atoms with Gasteiger partial charge in [-0.25, -0.2) is 9.78 Å². The summed E-state index contributed by atoms with van der Waals surface area (Å²) in [7, 11) is 4.58. The normalized spacial score (nSPS) is 11.1. The minimum absolute atomic E-state index is 0.0956. The number of ether oxygens (including phenoxy) is 1. The third-order valence-electron chi connectivity index (χ3n) is 4.72. The Morgan fingerprint density at radius 3 is 2.63 bits per heavy atom. The molecule has 1 aromatic carbocycles. The molecule has 0 unspecified atom stereocenters. The molecule has 160 valence electrons. The zero-order chi connectivity index (χ0) is 22.0. The summed E-state index contributed by atoms with van der Waals surface area (Å²) in [5.41, 5.74) is 1.45. The molecule has 1 amide bonds. The van der Waals surface area contributed by atoms with Crippen LogP contribution in [0.5, 0.6) is 5.75 Å². The van der Waals surface area contributed by atoms with Crippen LogP contribution in [-0.4, -0.2) is 37.5 Å². The number of carbonyl (C=O) groups excluding carboxylic acids is 1. The van der Waals surface area contributed by atoms with Crippen molar-refractivity contribution < 1.29 is 9.53 Å². The summed E-state index contributed by atoms with van der Waals surface area (Å²) in [4.78, 5) is 41.9. The number of aromatic nitrogens is 4. The Morgan fingerprint density at radius 1 is 1.23 bits per heavy atom. The lowest BCUT2D eigenvalue weighted by atomic mass is 10.2. The van der Waals surface area contributed by atoms with Gasteiger partial charge in [0.1, 0.15) is 5.75 Å². The molecule has 0 aliphatic heterocycles. The lowest BCUT2D eigenvalue weighted by molar-refractivity contribution is -0.113. The average molecular weight is 432 g/mol. The highest BCUT2D eigenvalue weighted by Crippen LogP contribution is 2.26. The standard InChI is InChI=1S/C20H25N5O4S/c1-6-9-25-16-17(23(3)20(28)24(4)18(16)27)22-19(25)30-11-15(26)21-13-10-12(2)7-8-14(13)29-5/h7-8,10H,6,9,11H2,1-5H3,(H,21,26). The van der Waals surface area contributed by atoms with Crippen LogP contribution in [0.25, 0.3) is 11.2 Å². The summed E-state index contributed by atoms with van der Waals surface area (Å²) in [6.07, 6.45) is 0.775. The number of rotatable bonds is 7. The number of amides is 1. The van der Waals surface area contributed by atoms with Gasteiger partial charge in [-0.2, -0.15) is 0 Å². The third-order valence-corrected chi connectivity index (χ3v) is 5.70. The Hall–Kier alpha value is -3.01. The zero-order valence-electron chi connectivity index (χ0n) is 17.7. The Balaban J connectivity index is 1.90. The molecule has 10 heteroatoms. The lowest BCUT2D eigenvalue weighted by Gasteiger charge is -2.11. The fourth-order valence-corrected chi connectivity index (χ4v) is 4.03. The van der Waals surface area contributed by atoms with E-state index in [1.807, 2.05) is 26.0 Å². The van der Waals surface area contributed by atoms with Crippen LogP contribution in [0.4, 0.5) is 5.69 Å². The van der Waals surface area contributed by atoms with Gasteiger partial charge >= 0.3 is 5.69 Å². The fourth-order valence-electron chi connectivity index (χ4n) is 3.20. The number of imidazole rings is 1. The Kier molecular flexibility index (Phi) is 6.35. The van der Waals surface area contributed by atoms with Gasteiger partial charge in [0.05, 0.1) is 18.6 Å². The maximum absolute atomic E-state index is 12.7. The van der Waals surface area contributed by atoms with E-state index in [0.717, 1.165) is 16.6 Å². The monoisotopic (exact) mass is 431 g/mol. The number of benzene rings is 1. The van der Waals surface area contributed by atoms with Crippen molar-refractivity contribution in [3.05, 3.63) is 44.6 Å². The Morgan fingerprint density at radius 2 is 1.97 bits per heavy atom. The van der Waals surface area contributed by atoms with Gasteiger partial charge in [0.2, 0.25) is 5.91 Å². The molecule has 0 saturated heterocycles. The first-order valence-electron chi connectivity index (χ1n) is 9.52. The number of anilines is 1. The van der Waals surface area contributed by atoms with Crippen LogP contribution >= 0.6 is 11.8 Å². The van der Waals surface area contributed by atoms with E-state index < -0.39 is 11.2 Å². The van der Waals surface area contributed by atoms with E-state index in [4.69, 9.17) is 4.74 Å². The highest BCUT2D eigenvalue weighted by molar-refractivity contribution is 7.99. The number of nitrogens with one attached hydrogen (secondary N) is 1. The minimum Gasteiger partial charge on any atom is -0.495 e. The van der Waals surface area contributed by atoms with Crippen molar-refractivity contribution in [3.8, 4) is 5.75 Å². The van der Waals surface area contributed by atoms with E-state index in [1.165, 1.54) is 23.4 Å². The molecule has 0 spiro atoms. The number of aryl methyl sites for hydroxylation is 3. The second-order valence-electron chi connectivity index (χ2n) is 6.96. The number of carbonyl (C=O) groups is 1.